The molecule has 1 heterocycles. The standard InChI is InChI=1S/C20H27N3O3/c24-19(11-7-2-1-3-8-13-23-14-12-21-16-23)22-18(20(25)26)15-17-9-5-4-6-10-17/h4-6,9-10,12,14,16,18H,1-3,7-8,11,13,15H2,(H,22,24)(H,25,26)/t18-/m0/s1. The van der Waals surface area contributed by atoms with Gasteiger partial charge in [0.05, 0.1) is 6.33 Å². The Morgan fingerprint density at radius 3 is 2.50 bits per heavy atom. The Kier molecular flexibility index (Phi) is 8.39. The Morgan fingerprint density at radius 2 is 1.81 bits per heavy atom. The highest BCUT2D eigenvalue weighted by atomic mass is 16.4. The van der Waals surface area contributed by atoms with E-state index in [2.05, 4.69) is 14.9 Å². The van der Waals surface area contributed by atoms with Crippen molar-refractivity contribution >= 4 is 11.9 Å². The topological polar surface area (TPSA) is 84.2 Å². The molecular weight excluding hydrogens is 330 g/mol. The Bertz CT molecular complexity index is 656. The van der Waals surface area contributed by atoms with Gasteiger partial charge in [-0.1, -0.05) is 49.6 Å². The molecule has 0 aliphatic carbocycles. The van der Waals surface area contributed by atoms with Gasteiger partial charge in [0.2, 0.25) is 5.91 Å². The summed E-state index contributed by atoms with van der Waals surface area (Å²) in [4.78, 5) is 27.4. The maximum atomic E-state index is 12.0. The summed E-state index contributed by atoms with van der Waals surface area (Å²) in [7, 11) is 0. The second-order valence-electron chi connectivity index (χ2n) is 6.47. The van der Waals surface area contributed by atoms with Crippen LogP contribution in [0.5, 0.6) is 0 Å². The molecular formula is C20H27N3O3. The fourth-order valence-corrected chi connectivity index (χ4v) is 2.85. The van der Waals surface area contributed by atoms with E-state index >= 15 is 0 Å². The Hall–Kier alpha value is -2.63. The molecule has 0 fully saturated rings. The number of carbonyl (C=O) groups is 2. The summed E-state index contributed by atoms with van der Waals surface area (Å²) in [5.41, 5.74) is 0.901. The van der Waals surface area contributed by atoms with Crippen LogP contribution < -0.4 is 5.32 Å². The summed E-state index contributed by atoms with van der Waals surface area (Å²) in [6.45, 7) is 0.972. The zero-order valence-corrected chi connectivity index (χ0v) is 15.0. The first kappa shape index (κ1) is 19.7. The molecule has 6 nitrogen and oxygen atoms in total. The van der Waals surface area contributed by atoms with Gasteiger partial charge < -0.3 is 15.0 Å². The lowest BCUT2D eigenvalue weighted by atomic mass is 10.1. The molecule has 0 aliphatic heterocycles. The number of benzene rings is 1. The lowest BCUT2D eigenvalue weighted by molar-refractivity contribution is -0.141. The monoisotopic (exact) mass is 357 g/mol. The Labute approximate surface area is 154 Å². The van der Waals surface area contributed by atoms with E-state index in [0.29, 0.717) is 12.8 Å². The number of hydrogen-bond acceptors (Lipinski definition) is 3. The molecule has 2 aromatic rings. The quantitative estimate of drug-likeness (QED) is 0.572. The zero-order valence-electron chi connectivity index (χ0n) is 15.0. The molecule has 0 radical (unpaired) electrons. The molecule has 0 bridgehead atoms. The number of aromatic nitrogens is 2. The fourth-order valence-electron chi connectivity index (χ4n) is 2.85. The van der Waals surface area contributed by atoms with Crippen LogP contribution in [0.1, 0.15) is 44.1 Å². The second-order valence-corrected chi connectivity index (χ2v) is 6.47. The van der Waals surface area contributed by atoms with Crippen molar-refractivity contribution in [2.75, 3.05) is 0 Å². The van der Waals surface area contributed by atoms with E-state index in [1.165, 1.54) is 0 Å². The molecule has 0 saturated carbocycles. The number of carboxylic acids is 1. The largest absolute Gasteiger partial charge is 0.480 e. The van der Waals surface area contributed by atoms with Crippen LogP contribution in [0.25, 0.3) is 0 Å². The van der Waals surface area contributed by atoms with Crippen molar-refractivity contribution in [2.24, 2.45) is 0 Å². The van der Waals surface area contributed by atoms with Crippen molar-refractivity contribution in [3.63, 3.8) is 0 Å². The third-order valence-electron chi connectivity index (χ3n) is 4.30. The minimum absolute atomic E-state index is 0.188. The zero-order chi connectivity index (χ0) is 18.6. The van der Waals surface area contributed by atoms with Crippen molar-refractivity contribution in [3.8, 4) is 0 Å². The number of rotatable bonds is 12. The molecule has 1 amide bonds. The molecule has 0 spiro atoms. The Morgan fingerprint density at radius 1 is 1.08 bits per heavy atom. The van der Waals surface area contributed by atoms with Gasteiger partial charge in [-0.25, -0.2) is 9.78 Å². The minimum atomic E-state index is -0.998. The highest BCUT2D eigenvalue weighted by Gasteiger charge is 2.19. The summed E-state index contributed by atoms with van der Waals surface area (Å²) in [6, 6.07) is 8.47. The van der Waals surface area contributed by atoms with Gasteiger partial charge in [0.25, 0.3) is 0 Å². The molecule has 26 heavy (non-hydrogen) atoms. The first-order chi connectivity index (χ1) is 12.6. The van der Waals surface area contributed by atoms with Gasteiger partial charge in [-0.3, -0.25) is 4.79 Å². The van der Waals surface area contributed by atoms with Gasteiger partial charge in [-0.05, 0) is 18.4 Å². The highest BCUT2D eigenvalue weighted by molar-refractivity contribution is 5.83. The van der Waals surface area contributed by atoms with Gasteiger partial charge in [-0.2, -0.15) is 0 Å². The summed E-state index contributed by atoms with van der Waals surface area (Å²) < 4.78 is 2.06. The molecule has 1 aromatic heterocycles. The number of imidazole rings is 1. The highest BCUT2D eigenvalue weighted by Crippen LogP contribution is 2.08. The average Bonchev–Trinajstić information content (AvgIpc) is 3.14. The van der Waals surface area contributed by atoms with Crippen LogP contribution in [0.2, 0.25) is 0 Å². The first-order valence-electron chi connectivity index (χ1n) is 9.17. The van der Waals surface area contributed by atoms with E-state index in [4.69, 9.17) is 0 Å². The SMILES string of the molecule is O=C(CCCCCCCn1ccnc1)N[C@@H](Cc1ccccc1)C(=O)O. The van der Waals surface area contributed by atoms with Crippen molar-refractivity contribution in [2.45, 2.75) is 57.5 Å². The van der Waals surface area contributed by atoms with Gasteiger partial charge in [0, 0.05) is 31.8 Å². The van der Waals surface area contributed by atoms with Crippen LogP contribution in [-0.2, 0) is 22.6 Å². The summed E-state index contributed by atoms with van der Waals surface area (Å²) in [5.74, 6) is -1.19. The van der Waals surface area contributed by atoms with E-state index in [-0.39, 0.29) is 5.91 Å². The van der Waals surface area contributed by atoms with Gasteiger partial charge in [0.15, 0.2) is 0 Å². The smallest absolute Gasteiger partial charge is 0.326 e. The minimum Gasteiger partial charge on any atom is -0.480 e. The van der Waals surface area contributed by atoms with E-state index < -0.39 is 12.0 Å². The van der Waals surface area contributed by atoms with Gasteiger partial charge in [-0.15, -0.1) is 0 Å². The maximum Gasteiger partial charge on any atom is 0.326 e. The number of hydrogen-bond donors (Lipinski definition) is 2. The summed E-state index contributed by atoms with van der Waals surface area (Å²) >= 11 is 0. The number of aryl methyl sites for hydroxylation is 1. The number of carboxylic acid groups (broad SMARTS) is 1. The fraction of sp³-hybridized carbons (Fsp3) is 0.450. The third-order valence-corrected chi connectivity index (χ3v) is 4.30. The number of aliphatic carboxylic acids is 1. The molecule has 1 atom stereocenters. The summed E-state index contributed by atoms with van der Waals surface area (Å²) in [5, 5.41) is 11.9. The van der Waals surface area contributed by atoms with Crippen LogP contribution >= 0.6 is 0 Å². The van der Waals surface area contributed by atoms with E-state index in [9.17, 15) is 14.7 Å². The van der Waals surface area contributed by atoms with Crippen LogP contribution in [0, 0.1) is 0 Å². The van der Waals surface area contributed by atoms with Crippen molar-refractivity contribution in [3.05, 3.63) is 54.6 Å². The Balaban J connectivity index is 1.58. The number of amides is 1. The number of nitrogens with one attached hydrogen (secondary N) is 1. The number of carbonyl (C=O) groups excluding carboxylic acids is 1. The summed E-state index contributed by atoms with van der Waals surface area (Å²) in [6.07, 6.45) is 11.3. The van der Waals surface area contributed by atoms with Gasteiger partial charge in [0.1, 0.15) is 6.04 Å². The molecule has 2 rings (SSSR count). The molecule has 0 unspecified atom stereocenters. The predicted octanol–water partition coefficient (Wildman–Crippen LogP) is 3.04. The van der Waals surface area contributed by atoms with Crippen molar-refractivity contribution in [1.29, 1.82) is 0 Å². The predicted molar refractivity (Wildman–Crippen MR) is 99.6 cm³/mol. The van der Waals surface area contributed by atoms with E-state index in [0.717, 1.165) is 44.2 Å². The molecule has 140 valence electrons. The van der Waals surface area contributed by atoms with E-state index in [1.807, 2.05) is 42.9 Å². The molecule has 6 heteroatoms. The molecule has 2 N–H and O–H groups in total. The first-order valence-corrected chi connectivity index (χ1v) is 9.17. The number of unbranched alkanes of at least 4 members (excludes halogenated alkanes) is 4. The molecule has 0 aliphatic rings. The third kappa shape index (κ3) is 7.51. The van der Waals surface area contributed by atoms with Crippen molar-refractivity contribution in [1.82, 2.24) is 14.9 Å². The van der Waals surface area contributed by atoms with E-state index in [1.54, 1.807) is 6.20 Å². The van der Waals surface area contributed by atoms with Crippen LogP contribution in [0.3, 0.4) is 0 Å². The molecule has 1 aromatic carbocycles. The van der Waals surface area contributed by atoms with Crippen LogP contribution in [0.15, 0.2) is 49.1 Å². The van der Waals surface area contributed by atoms with Crippen LogP contribution in [-0.4, -0.2) is 32.6 Å². The maximum absolute atomic E-state index is 12.0. The molecule has 0 saturated heterocycles. The number of nitrogens with zero attached hydrogens (tertiary/aromatic N) is 2. The normalized spacial score (nSPS) is 11.8. The second kappa shape index (κ2) is 11.1. The lowest BCUT2D eigenvalue weighted by Gasteiger charge is -2.14. The van der Waals surface area contributed by atoms with Gasteiger partial charge >= 0.3 is 5.97 Å². The average molecular weight is 357 g/mol. The van der Waals surface area contributed by atoms with Crippen LogP contribution in [0.4, 0.5) is 0 Å². The van der Waals surface area contributed by atoms with Crippen molar-refractivity contribution < 1.29 is 14.7 Å². The lowest BCUT2D eigenvalue weighted by Crippen LogP contribution is -2.42.